The number of halogens is 1. The van der Waals surface area contributed by atoms with Crippen LogP contribution in [0.5, 0.6) is 69.0 Å². The number of nitrogens with one attached hydrogen (secondary N) is 6. The number of aliphatic hydroxyl groups is 11. The Morgan fingerprint density at radius 1 is 0.504 bits per heavy atom. The number of nitrogens with two attached hydrogens (primary N) is 2. The number of methoxy groups -OCH3 is 1. The number of esters is 1. The van der Waals surface area contributed by atoms with E-state index in [0.29, 0.717) is 0 Å². The summed E-state index contributed by atoms with van der Waals surface area (Å²) in [7, 11) is 0.898. The Hall–Kier alpha value is -11.4. The fourth-order valence-electron chi connectivity index (χ4n) is 16.0. The molecule has 4 saturated heterocycles. The molecule has 43 heteroatoms. The molecule has 27 atom stereocenters. The first-order valence-electron chi connectivity index (χ1n) is 40.0. The summed E-state index contributed by atoms with van der Waals surface area (Å²) in [5, 5.41) is 185. The van der Waals surface area contributed by atoms with E-state index < -0.39 is 311 Å². The van der Waals surface area contributed by atoms with Gasteiger partial charge >= 0.3 is 5.97 Å². The van der Waals surface area contributed by atoms with E-state index in [1.165, 1.54) is 81.4 Å². The van der Waals surface area contributed by atoms with Crippen LogP contribution in [0.1, 0.15) is 101 Å². The summed E-state index contributed by atoms with van der Waals surface area (Å²) in [5.41, 5.74) is 10.3. The van der Waals surface area contributed by atoms with Crippen molar-refractivity contribution in [3.8, 4) is 80.1 Å². The summed E-state index contributed by atoms with van der Waals surface area (Å²) in [5.74, 6) is -15.7. The maximum atomic E-state index is 16.9. The second-order valence-electron chi connectivity index (χ2n) is 31.8. The second kappa shape index (κ2) is 36.7. The lowest BCUT2D eigenvalue weighted by Gasteiger charge is -2.42. The first-order valence-corrected chi connectivity index (χ1v) is 40.3. The third-order valence-corrected chi connectivity index (χ3v) is 23.5. The van der Waals surface area contributed by atoms with E-state index >= 15 is 24.0 Å². The van der Waals surface area contributed by atoms with Crippen molar-refractivity contribution in [2.75, 3.05) is 20.3 Å². The molecule has 678 valence electrons. The molecule has 0 saturated carbocycles. The van der Waals surface area contributed by atoms with Gasteiger partial charge in [-0.05, 0) is 133 Å². The Morgan fingerprint density at radius 2 is 1.08 bits per heavy atom. The van der Waals surface area contributed by atoms with Gasteiger partial charge in [0.15, 0.2) is 41.6 Å². The summed E-state index contributed by atoms with van der Waals surface area (Å²) in [6, 6.07) is 6.09. The van der Waals surface area contributed by atoms with Crippen molar-refractivity contribution in [2.45, 2.75) is 199 Å². The number of amides is 6. The largest absolute Gasteiger partial charge is 0.508 e. The topological polar surface area (TPSA) is 658 Å². The minimum atomic E-state index is -2.44. The average Bonchev–Trinajstić information content (AvgIpc) is 0.755. The molecule has 7 aromatic carbocycles. The number of phenolic OH excluding ortho intramolecular Hbond substituents is 4. The smallest absolute Gasteiger partial charge is 0.333 e. The monoisotopic (exact) mass is 1790 g/mol. The average molecular weight is 1790 g/mol. The minimum absolute atomic E-state index is 0.0294. The zero-order chi connectivity index (χ0) is 90.9. The van der Waals surface area contributed by atoms with Crippen LogP contribution in [0.4, 0.5) is 0 Å². The highest BCUT2D eigenvalue weighted by Crippen LogP contribution is 2.51. The summed E-state index contributed by atoms with van der Waals surface area (Å²) < 4.78 is 74.2. The van der Waals surface area contributed by atoms with Crippen LogP contribution in [0.15, 0.2) is 115 Å². The quantitative estimate of drug-likeness (QED) is 0.0647. The van der Waals surface area contributed by atoms with Gasteiger partial charge in [0.05, 0.1) is 43.7 Å². The number of fused-ring (bicyclic) bond motifs is 14. The minimum Gasteiger partial charge on any atom is -0.508 e. The molecule has 0 spiro atoms. The number of ether oxygens (including phenoxy) is 12. The van der Waals surface area contributed by atoms with Crippen molar-refractivity contribution in [2.24, 2.45) is 11.5 Å². The van der Waals surface area contributed by atoms with E-state index in [4.69, 9.17) is 79.9 Å². The highest BCUT2D eigenvalue weighted by Gasteiger charge is 2.52. The molecule has 17 bridgehead atoms. The standard InChI is InChI=1S/C84H91ClN8O34/c1-28-46(98)18-35-20-48(28)122-49-19-32(7-13-45(49)97)57(87)76(110)88-43-15-31-5-10-38(11-6-31)120-51-21-36-22-52(74(51)127-84-72(108)69(105)66(102)54(125-84)27-117-82-70(106)67(103)64(100)30(3)119-82)121-47-14-9-34(17-41(47)85)73(126-55-25-42(86)63(99)29(2)118-55)62-80(114)92-61(81(115)116-4)40-23-37(95)24-50(123-83-71(107)68(104)65(101)53(26-94)124-83)56(40)39-16-33(8-12-44(39)96)58(77(111)93-62)90-79(113)60(36)91-78(112)59(35)89-75(43)109/h5-14,16-24,29-30,42-43,53-55,57-73,82-84,94-108H,15,25-27,86-87H2,1-4H3,(H,88,110)(H,89,109)(H,90,113)(H,91,112)(H,92,114)(H,93,111)/t29-,30-,42+,43?,53+,54+,55?,57?,58?,59?,60?,61?,62?,63-,64-,65+,66+,67+,68-,69-,70+,71-,72+,73?,82+,83+,84-/m0/s1. The molecular weight excluding hydrogens is 1700 g/mol. The molecule has 25 N–H and O–H groups in total. The highest BCUT2D eigenvalue weighted by atomic mass is 35.5. The Balaban J connectivity index is 0.969. The molecule has 4 fully saturated rings. The van der Waals surface area contributed by atoms with Crippen LogP contribution < -0.4 is 67.1 Å². The molecule has 17 rings (SSSR count). The van der Waals surface area contributed by atoms with E-state index in [1.54, 1.807) is 0 Å². The molecule has 6 amide bonds. The van der Waals surface area contributed by atoms with Gasteiger partial charge in [-0.3, -0.25) is 28.8 Å². The predicted molar refractivity (Wildman–Crippen MR) is 428 cm³/mol. The zero-order valence-electron chi connectivity index (χ0n) is 67.4. The first-order chi connectivity index (χ1) is 60.4. The van der Waals surface area contributed by atoms with Crippen molar-refractivity contribution in [1.29, 1.82) is 0 Å². The normalized spacial score (nSPS) is 32.7. The van der Waals surface area contributed by atoms with Gasteiger partial charge in [-0.1, -0.05) is 41.9 Å². The third-order valence-electron chi connectivity index (χ3n) is 23.2. The zero-order valence-corrected chi connectivity index (χ0v) is 68.1. The number of carbonyl (C=O) groups is 7. The Kier molecular flexibility index (Phi) is 26.1. The number of aromatic hydroxyl groups is 4. The number of carbonyl (C=O) groups excluding carboxylic acids is 7. The molecule has 0 aromatic heterocycles. The van der Waals surface area contributed by atoms with Crippen LogP contribution in [-0.2, 0) is 73.1 Å². The number of benzene rings is 7. The van der Waals surface area contributed by atoms with Crippen LogP contribution in [0.25, 0.3) is 11.1 Å². The van der Waals surface area contributed by atoms with E-state index in [0.717, 1.165) is 61.7 Å². The van der Waals surface area contributed by atoms with Gasteiger partial charge in [-0.15, -0.1) is 0 Å². The molecule has 0 aliphatic carbocycles. The van der Waals surface area contributed by atoms with Crippen molar-refractivity contribution in [3.05, 3.63) is 165 Å². The van der Waals surface area contributed by atoms with Crippen molar-refractivity contribution in [1.82, 2.24) is 31.9 Å². The Morgan fingerprint density at radius 3 is 1.76 bits per heavy atom. The molecule has 0 radical (unpaired) electrons. The number of rotatable bonds is 11. The highest BCUT2D eigenvalue weighted by molar-refractivity contribution is 6.32. The fourth-order valence-corrected chi connectivity index (χ4v) is 16.2. The van der Waals surface area contributed by atoms with Gasteiger partial charge < -0.3 is 177 Å². The van der Waals surface area contributed by atoms with Crippen molar-refractivity contribution in [3.63, 3.8) is 0 Å². The molecular formula is C84H91ClN8O34. The number of phenols is 4. The fraction of sp³-hybridized carbons (Fsp3) is 0.417. The van der Waals surface area contributed by atoms with Gasteiger partial charge in [0.25, 0.3) is 0 Å². The lowest BCUT2D eigenvalue weighted by molar-refractivity contribution is -0.318. The van der Waals surface area contributed by atoms with Gasteiger partial charge in [-0.25, -0.2) is 4.79 Å². The molecule has 10 heterocycles. The molecule has 10 aliphatic rings. The SMILES string of the molecule is COC(=O)C1NC(=O)C2NC(=O)C(NC(=O)C3NC(=O)C4NC(=O)C(Cc5ccc(cc5)Oc5cc3cc(c5O[C@@H]3O[C@H](CO[C@@H]5O[C@@H](C)[C@H](O)[C@@H](O)[C@H]5O)[C@@H](O)[C@H](O)[C@H]3O)Oc3ccc(cc3Cl)C2OC2C[C@@H](N)[C@@H](O)[C@H](C)O2)NC(=O)C(N)c2ccc(O)c(c2)Oc2cc4cc(O)c2C)c2ccc(O)c(c2)-c2c(O[C@@H]3O[C@H](CO)[C@@H](O)[C@H](O)[C@@H]3O)cc(O)cc21. The summed E-state index contributed by atoms with van der Waals surface area (Å²) in [6.45, 7) is 2.38. The third kappa shape index (κ3) is 18.2. The van der Waals surface area contributed by atoms with Crippen LogP contribution in [0.3, 0.4) is 0 Å². The maximum Gasteiger partial charge on any atom is 0.333 e. The van der Waals surface area contributed by atoms with Gasteiger partial charge in [-0.2, -0.15) is 0 Å². The molecule has 9 unspecified atom stereocenters. The molecule has 127 heavy (non-hydrogen) atoms. The van der Waals surface area contributed by atoms with Crippen LogP contribution in [-0.4, -0.2) is 267 Å². The summed E-state index contributed by atoms with van der Waals surface area (Å²) in [4.78, 5) is 111. The van der Waals surface area contributed by atoms with Gasteiger partial charge in [0, 0.05) is 47.2 Å². The summed E-state index contributed by atoms with van der Waals surface area (Å²) >= 11 is 7.43. The van der Waals surface area contributed by atoms with Crippen LogP contribution in [0, 0.1) is 6.92 Å². The summed E-state index contributed by atoms with van der Waals surface area (Å²) in [6.07, 6.45) is -35.5. The predicted octanol–water partition coefficient (Wildman–Crippen LogP) is -1.63. The van der Waals surface area contributed by atoms with Crippen LogP contribution >= 0.6 is 11.6 Å². The number of aliphatic hydroxyl groups excluding tert-OH is 11. The van der Waals surface area contributed by atoms with Crippen LogP contribution in [0.2, 0.25) is 5.02 Å². The first kappa shape index (κ1) is 90.4. The molecule has 42 nitrogen and oxygen atoms in total. The Labute approximate surface area is 724 Å². The van der Waals surface area contributed by atoms with Crippen molar-refractivity contribution >= 4 is 53.0 Å². The lowest BCUT2D eigenvalue weighted by Crippen LogP contribution is -2.61. The van der Waals surface area contributed by atoms with E-state index in [9.17, 15) is 86.2 Å². The molecule has 10 aliphatic heterocycles. The van der Waals surface area contributed by atoms with Gasteiger partial charge in [0.2, 0.25) is 53.8 Å². The molecule has 7 aromatic rings. The maximum absolute atomic E-state index is 16.9. The number of hydrogen-bond donors (Lipinski definition) is 23. The van der Waals surface area contributed by atoms with Gasteiger partial charge in [0.1, 0.15) is 150 Å². The van der Waals surface area contributed by atoms with E-state index in [2.05, 4.69) is 31.9 Å². The Bertz CT molecular complexity index is 5370. The lowest BCUT2D eigenvalue weighted by atomic mass is 9.89. The second-order valence-corrected chi connectivity index (χ2v) is 32.2. The van der Waals surface area contributed by atoms with E-state index in [1.807, 2.05) is 0 Å². The number of hydrogen-bond acceptors (Lipinski definition) is 36. The van der Waals surface area contributed by atoms with Crippen molar-refractivity contribution < 1.29 is 167 Å². The van der Waals surface area contributed by atoms with E-state index in [-0.39, 0.29) is 51.5 Å².